The maximum absolute atomic E-state index is 5.86. The van der Waals surface area contributed by atoms with Crippen LogP contribution in [-0.4, -0.2) is 32.4 Å². The maximum atomic E-state index is 5.86. The zero-order valence-corrected chi connectivity index (χ0v) is 10.5. The molecule has 1 fully saturated rings. The van der Waals surface area contributed by atoms with Crippen LogP contribution < -0.4 is 15.4 Å². The quantitative estimate of drug-likeness (QED) is 0.814. The summed E-state index contributed by atoms with van der Waals surface area (Å²) in [6.45, 7) is 7.29. The molecule has 1 saturated heterocycles. The summed E-state index contributed by atoms with van der Waals surface area (Å²) in [4.78, 5) is 2.30. The molecule has 17 heavy (non-hydrogen) atoms. The lowest BCUT2D eigenvalue weighted by molar-refractivity contribution is 0.0532. The highest BCUT2D eigenvalue weighted by atomic mass is 16.5. The molecule has 0 bridgehead atoms. The second-order valence-corrected chi connectivity index (χ2v) is 4.28. The van der Waals surface area contributed by atoms with Crippen molar-refractivity contribution in [2.75, 3.05) is 36.9 Å². The minimum atomic E-state index is 0.275. The van der Waals surface area contributed by atoms with Crippen molar-refractivity contribution in [1.29, 1.82) is 0 Å². The Balaban J connectivity index is 2.17. The molecule has 0 amide bonds. The van der Waals surface area contributed by atoms with Crippen LogP contribution in [0.2, 0.25) is 0 Å². The summed E-state index contributed by atoms with van der Waals surface area (Å²) in [6.07, 6.45) is 0.275. The number of anilines is 2. The largest absolute Gasteiger partial charge is 0.492 e. The summed E-state index contributed by atoms with van der Waals surface area (Å²) in [7, 11) is 0. The Morgan fingerprint density at radius 2 is 2.35 bits per heavy atom. The van der Waals surface area contributed by atoms with Crippen molar-refractivity contribution in [3.63, 3.8) is 0 Å². The molecular weight excluding hydrogens is 216 g/mol. The molecule has 1 aromatic rings. The van der Waals surface area contributed by atoms with E-state index in [0.29, 0.717) is 12.3 Å². The van der Waals surface area contributed by atoms with Crippen LogP contribution in [-0.2, 0) is 4.74 Å². The van der Waals surface area contributed by atoms with Crippen molar-refractivity contribution < 1.29 is 9.47 Å². The van der Waals surface area contributed by atoms with E-state index in [9.17, 15) is 0 Å². The van der Waals surface area contributed by atoms with Gasteiger partial charge in [-0.3, -0.25) is 0 Å². The predicted octanol–water partition coefficient (Wildman–Crippen LogP) is 1.89. The van der Waals surface area contributed by atoms with Crippen molar-refractivity contribution in [1.82, 2.24) is 0 Å². The summed E-state index contributed by atoms with van der Waals surface area (Å²) in [6, 6.07) is 5.95. The van der Waals surface area contributed by atoms with Gasteiger partial charge in [0.2, 0.25) is 0 Å². The van der Waals surface area contributed by atoms with Crippen molar-refractivity contribution >= 4 is 11.4 Å². The van der Waals surface area contributed by atoms with Gasteiger partial charge in [-0.05, 0) is 26.0 Å². The predicted molar refractivity (Wildman–Crippen MR) is 69.7 cm³/mol. The monoisotopic (exact) mass is 236 g/mol. The van der Waals surface area contributed by atoms with E-state index in [-0.39, 0.29) is 6.10 Å². The third-order valence-corrected chi connectivity index (χ3v) is 2.90. The molecule has 1 unspecified atom stereocenters. The molecule has 0 radical (unpaired) electrons. The van der Waals surface area contributed by atoms with Gasteiger partial charge in [-0.2, -0.15) is 0 Å². The average molecular weight is 236 g/mol. The number of benzene rings is 1. The minimum Gasteiger partial charge on any atom is -0.492 e. The summed E-state index contributed by atoms with van der Waals surface area (Å²) >= 11 is 0. The van der Waals surface area contributed by atoms with Gasteiger partial charge in [0.15, 0.2) is 0 Å². The molecule has 0 aromatic heterocycles. The van der Waals surface area contributed by atoms with E-state index in [1.165, 1.54) is 0 Å². The number of hydrogen-bond acceptors (Lipinski definition) is 4. The standard InChI is InChI=1S/C13H20N2O2/c1-3-16-13-8-11(4-5-12(13)14)15-6-7-17-10(2)9-15/h4-5,8,10H,3,6-7,9,14H2,1-2H3. The molecule has 4 nitrogen and oxygen atoms in total. The smallest absolute Gasteiger partial charge is 0.144 e. The van der Waals surface area contributed by atoms with E-state index in [0.717, 1.165) is 31.1 Å². The topological polar surface area (TPSA) is 47.7 Å². The van der Waals surface area contributed by atoms with Crippen LogP contribution in [0.3, 0.4) is 0 Å². The van der Waals surface area contributed by atoms with Crippen LogP contribution in [0, 0.1) is 0 Å². The second kappa shape index (κ2) is 5.27. The van der Waals surface area contributed by atoms with Gasteiger partial charge in [-0.25, -0.2) is 0 Å². The fourth-order valence-corrected chi connectivity index (χ4v) is 2.05. The Labute approximate surface area is 102 Å². The molecule has 1 aromatic carbocycles. The zero-order valence-electron chi connectivity index (χ0n) is 10.5. The molecule has 0 aliphatic carbocycles. The van der Waals surface area contributed by atoms with Crippen LogP contribution >= 0.6 is 0 Å². The van der Waals surface area contributed by atoms with Gasteiger partial charge in [-0.15, -0.1) is 0 Å². The van der Waals surface area contributed by atoms with Gasteiger partial charge in [0.05, 0.1) is 25.0 Å². The number of nitrogen functional groups attached to an aromatic ring is 1. The molecule has 2 N–H and O–H groups in total. The van der Waals surface area contributed by atoms with Crippen molar-refractivity contribution in [3.8, 4) is 5.75 Å². The molecule has 0 spiro atoms. The van der Waals surface area contributed by atoms with Gasteiger partial charge in [-0.1, -0.05) is 0 Å². The molecular formula is C13H20N2O2. The zero-order chi connectivity index (χ0) is 12.3. The first-order chi connectivity index (χ1) is 8.20. The number of nitrogens with two attached hydrogens (primary N) is 1. The lowest BCUT2D eigenvalue weighted by Crippen LogP contribution is -2.41. The SMILES string of the molecule is CCOc1cc(N2CCOC(C)C2)ccc1N. The fraction of sp³-hybridized carbons (Fsp3) is 0.538. The first-order valence-corrected chi connectivity index (χ1v) is 6.09. The van der Waals surface area contributed by atoms with Crippen molar-refractivity contribution in [3.05, 3.63) is 18.2 Å². The summed E-state index contributed by atoms with van der Waals surface area (Å²) in [5.41, 5.74) is 7.71. The summed E-state index contributed by atoms with van der Waals surface area (Å²) < 4.78 is 11.0. The van der Waals surface area contributed by atoms with E-state index in [4.69, 9.17) is 15.2 Å². The number of rotatable bonds is 3. The van der Waals surface area contributed by atoms with Crippen LogP contribution in [0.1, 0.15) is 13.8 Å². The Bertz CT molecular complexity index is 382. The van der Waals surface area contributed by atoms with E-state index >= 15 is 0 Å². The first-order valence-electron chi connectivity index (χ1n) is 6.09. The highest BCUT2D eigenvalue weighted by Gasteiger charge is 2.17. The third-order valence-electron chi connectivity index (χ3n) is 2.90. The molecule has 4 heteroatoms. The number of nitrogens with zero attached hydrogens (tertiary/aromatic N) is 1. The lowest BCUT2D eigenvalue weighted by atomic mass is 10.2. The highest BCUT2D eigenvalue weighted by molar-refractivity contribution is 5.62. The van der Waals surface area contributed by atoms with Crippen molar-refractivity contribution in [2.45, 2.75) is 20.0 Å². The van der Waals surface area contributed by atoms with Gasteiger partial charge in [0.1, 0.15) is 5.75 Å². The van der Waals surface area contributed by atoms with Crippen molar-refractivity contribution in [2.24, 2.45) is 0 Å². The van der Waals surface area contributed by atoms with E-state index < -0.39 is 0 Å². The van der Waals surface area contributed by atoms with Crippen LogP contribution in [0.25, 0.3) is 0 Å². The molecule has 94 valence electrons. The third kappa shape index (κ3) is 2.82. The van der Waals surface area contributed by atoms with Gasteiger partial charge >= 0.3 is 0 Å². The Hall–Kier alpha value is -1.42. The van der Waals surface area contributed by atoms with Gasteiger partial charge < -0.3 is 20.1 Å². The molecule has 0 saturated carbocycles. The molecule has 1 atom stereocenters. The first kappa shape index (κ1) is 12.0. The molecule has 1 aliphatic heterocycles. The molecule has 1 aliphatic rings. The second-order valence-electron chi connectivity index (χ2n) is 4.28. The fourth-order valence-electron chi connectivity index (χ4n) is 2.05. The Morgan fingerprint density at radius 3 is 3.06 bits per heavy atom. The lowest BCUT2D eigenvalue weighted by Gasteiger charge is -2.33. The van der Waals surface area contributed by atoms with E-state index in [1.54, 1.807) is 0 Å². The highest BCUT2D eigenvalue weighted by Crippen LogP contribution is 2.28. The molecule has 2 rings (SSSR count). The number of hydrogen-bond donors (Lipinski definition) is 1. The normalized spacial score (nSPS) is 20.4. The number of morpholine rings is 1. The van der Waals surface area contributed by atoms with Crippen LogP contribution in [0.15, 0.2) is 18.2 Å². The Kier molecular flexibility index (Phi) is 3.74. The number of ether oxygens (including phenoxy) is 2. The molecule has 1 heterocycles. The van der Waals surface area contributed by atoms with Crippen LogP contribution in [0.4, 0.5) is 11.4 Å². The Morgan fingerprint density at radius 1 is 1.53 bits per heavy atom. The van der Waals surface area contributed by atoms with E-state index in [1.807, 2.05) is 25.1 Å². The van der Waals surface area contributed by atoms with Gasteiger partial charge in [0.25, 0.3) is 0 Å². The summed E-state index contributed by atoms with van der Waals surface area (Å²) in [5, 5.41) is 0. The summed E-state index contributed by atoms with van der Waals surface area (Å²) in [5.74, 6) is 0.768. The van der Waals surface area contributed by atoms with Gasteiger partial charge in [0, 0.05) is 24.8 Å². The minimum absolute atomic E-state index is 0.275. The maximum Gasteiger partial charge on any atom is 0.144 e. The van der Waals surface area contributed by atoms with E-state index in [2.05, 4.69) is 11.8 Å². The average Bonchev–Trinajstić information content (AvgIpc) is 2.32. The van der Waals surface area contributed by atoms with Crippen LogP contribution in [0.5, 0.6) is 5.75 Å².